The Hall–Kier alpha value is -1.68. The normalized spacial score (nSPS) is 10.3. The van der Waals surface area contributed by atoms with E-state index in [-0.39, 0.29) is 0 Å². The molecule has 0 aliphatic heterocycles. The van der Waals surface area contributed by atoms with Gasteiger partial charge in [-0.1, -0.05) is 19.1 Å². The average Bonchev–Trinajstić information content (AvgIpc) is 2.35. The van der Waals surface area contributed by atoms with Gasteiger partial charge in [-0.2, -0.15) is 0 Å². The smallest absolute Gasteiger partial charge is 0.197 e. The monoisotopic (exact) mass is 260 g/mol. The Balaban J connectivity index is 2.46. The summed E-state index contributed by atoms with van der Waals surface area (Å²) in [6.07, 6.45) is 0.982. The molecular formula is C14H16N2OS. The first-order valence-electron chi connectivity index (χ1n) is 6.01. The van der Waals surface area contributed by atoms with Gasteiger partial charge in [0.2, 0.25) is 0 Å². The van der Waals surface area contributed by atoms with Crippen molar-refractivity contribution >= 4 is 12.2 Å². The highest BCUT2D eigenvalue weighted by Crippen LogP contribution is 2.28. The summed E-state index contributed by atoms with van der Waals surface area (Å²) < 4.78 is 6.23. The topological polar surface area (TPSA) is 37.9 Å². The fourth-order valence-corrected chi connectivity index (χ4v) is 1.99. The summed E-state index contributed by atoms with van der Waals surface area (Å²) in [6, 6.07) is 9.88. The van der Waals surface area contributed by atoms with Gasteiger partial charge in [-0.05, 0) is 43.8 Å². The molecule has 2 aromatic rings. The summed E-state index contributed by atoms with van der Waals surface area (Å²) in [5.74, 6) is 0.854. The van der Waals surface area contributed by atoms with Crippen LogP contribution in [-0.4, -0.2) is 16.6 Å². The second kappa shape index (κ2) is 5.78. The minimum Gasteiger partial charge on any atom is -0.493 e. The molecule has 2 rings (SSSR count). The molecule has 0 radical (unpaired) electrons. The number of ether oxygens (including phenoxy) is 1. The highest BCUT2D eigenvalue weighted by Gasteiger charge is 2.07. The van der Waals surface area contributed by atoms with E-state index >= 15 is 0 Å². The molecule has 1 N–H and O–H groups in total. The molecule has 4 heteroatoms. The van der Waals surface area contributed by atoms with Crippen LogP contribution in [0.5, 0.6) is 5.75 Å². The Morgan fingerprint density at radius 3 is 2.83 bits per heavy atom. The molecule has 0 spiro atoms. The highest BCUT2D eigenvalue weighted by molar-refractivity contribution is 7.71. The summed E-state index contributed by atoms with van der Waals surface area (Å²) >= 11 is 5.11. The fourth-order valence-electron chi connectivity index (χ4n) is 1.73. The van der Waals surface area contributed by atoms with Crippen molar-refractivity contribution < 1.29 is 4.74 Å². The van der Waals surface area contributed by atoms with Crippen molar-refractivity contribution in [2.24, 2.45) is 0 Å². The first kappa shape index (κ1) is 12.8. The lowest BCUT2D eigenvalue weighted by atomic mass is 10.1. The van der Waals surface area contributed by atoms with Crippen molar-refractivity contribution in [3.05, 3.63) is 40.8 Å². The van der Waals surface area contributed by atoms with E-state index in [0.29, 0.717) is 11.4 Å². The van der Waals surface area contributed by atoms with Crippen LogP contribution in [0.15, 0.2) is 30.3 Å². The minimum absolute atomic E-state index is 0.496. The van der Waals surface area contributed by atoms with E-state index in [1.165, 1.54) is 0 Å². The number of nitrogens with one attached hydrogen (secondary N) is 1. The number of rotatable bonds is 4. The predicted octanol–water partition coefficient (Wildman–Crippen LogP) is 3.90. The molecule has 0 aliphatic carbocycles. The number of para-hydroxylation sites is 1. The first-order chi connectivity index (χ1) is 8.70. The van der Waals surface area contributed by atoms with Crippen LogP contribution in [0, 0.1) is 11.7 Å². The number of nitrogens with zero attached hydrogens (tertiary/aromatic N) is 1. The maximum Gasteiger partial charge on any atom is 0.197 e. The lowest BCUT2D eigenvalue weighted by Crippen LogP contribution is -1.98. The Kier molecular flexibility index (Phi) is 4.10. The third-order valence-corrected chi connectivity index (χ3v) is 2.70. The molecule has 0 amide bonds. The van der Waals surface area contributed by atoms with Crippen LogP contribution in [-0.2, 0) is 0 Å². The second-order valence-electron chi connectivity index (χ2n) is 4.10. The van der Waals surface area contributed by atoms with Crippen molar-refractivity contribution in [3.8, 4) is 17.0 Å². The minimum atomic E-state index is 0.496. The number of hydrogen-bond acceptors (Lipinski definition) is 3. The Morgan fingerprint density at radius 2 is 2.11 bits per heavy atom. The van der Waals surface area contributed by atoms with Crippen molar-refractivity contribution in [2.45, 2.75) is 20.3 Å². The molecule has 0 atom stereocenters. The first-order valence-corrected chi connectivity index (χ1v) is 6.41. The van der Waals surface area contributed by atoms with Gasteiger partial charge < -0.3 is 9.72 Å². The van der Waals surface area contributed by atoms with E-state index < -0.39 is 0 Å². The molecular weight excluding hydrogens is 244 g/mol. The number of benzene rings is 1. The Labute approximate surface area is 112 Å². The van der Waals surface area contributed by atoms with Gasteiger partial charge in [0.05, 0.1) is 12.3 Å². The Morgan fingerprint density at radius 1 is 1.33 bits per heavy atom. The molecule has 1 heterocycles. The third-order valence-electron chi connectivity index (χ3n) is 2.50. The van der Waals surface area contributed by atoms with Crippen molar-refractivity contribution in [2.75, 3.05) is 6.61 Å². The third kappa shape index (κ3) is 2.96. The maximum absolute atomic E-state index is 5.74. The highest BCUT2D eigenvalue weighted by atomic mass is 32.1. The number of aromatic nitrogens is 2. The van der Waals surface area contributed by atoms with Gasteiger partial charge in [0.25, 0.3) is 0 Å². The number of hydrogen-bond donors (Lipinski definition) is 1. The van der Waals surface area contributed by atoms with E-state index in [2.05, 4.69) is 16.9 Å². The van der Waals surface area contributed by atoms with E-state index in [9.17, 15) is 0 Å². The zero-order valence-corrected chi connectivity index (χ0v) is 11.4. The average molecular weight is 260 g/mol. The predicted molar refractivity (Wildman–Crippen MR) is 75.4 cm³/mol. The molecule has 0 unspecified atom stereocenters. The molecule has 0 saturated carbocycles. The van der Waals surface area contributed by atoms with Crippen molar-refractivity contribution in [1.82, 2.24) is 9.97 Å². The second-order valence-corrected chi connectivity index (χ2v) is 4.49. The van der Waals surface area contributed by atoms with Gasteiger partial charge in [-0.25, -0.2) is 4.98 Å². The van der Waals surface area contributed by atoms with Gasteiger partial charge in [0, 0.05) is 11.3 Å². The number of aryl methyl sites for hydroxylation is 1. The molecule has 94 valence electrons. The quantitative estimate of drug-likeness (QED) is 0.847. The van der Waals surface area contributed by atoms with Gasteiger partial charge in [0.1, 0.15) is 5.75 Å². The molecule has 3 nitrogen and oxygen atoms in total. The number of aromatic amines is 1. The van der Waals surface area contributed by atoms with Crippen LogP contribution in [0.1, 0.15) is 19.0 Å². The summed E-state index contributed by atoms with van der Waals surface area (Å²) in [6.45, 7) is 4.76. The summed E-state index contributed by atoms with van der Waals surface area (Å²) in [5, 5.41) is 0. The SMILES string of the molecule is CCCOc1ccccc1-c1cc(C)[nH]c(=S)n1. The van der Waals surface area contributed by atoms with Crippen LogP contribution >= 0.6 is 12.2 Å². The van der Waals surface area contributed by atoms with Gasteiger partial charge in [0.15, 0.2) is 4.77 Å². The largest absolute Gasteiger partial charge is 0.493 e. The van der Waals surface area contributed by atoms with Crippen molar-refractivity contribution in [3.63, 3.8) is 0 Å². The van der Waals surface area contributed by atoms with Crippen LogP contribution in [0.4, 0.5) is 0 Å². The van der Waals surface area contributed by atoms with E-state index in [1.54, 1.807) is 0 Å². The number of H-pyrrole nitrogens is 1. The maximum atomic E-state index is 5.74. The van der Waals surface area contributed by atoms with Crippen LogP contribution in [0.3, 0.4) is 0 Å². The van der Waals surface area contributed by atoms with E-state index in [1.807, 2.05) is 37.3 Å². The Bertz CT molecular complexity index is 592. The van der Waals surface area contributed by atoms with Gasteiger partial charge in [-0.3, -0.25) is 0 Å². The summed E-state index contributed by atoms with van der Waals surface area (Å²) in [4.78, 5) is 7.36. The van der Waals surface area contributed by atoms with Gasteiger partial charge >= 0.3 is 0 Å². The van der Waals surface area contributed by atoms with Crippen molar-refractivity contribution in [1.29, 1.82) is 0 Å². The lowest BCUT2D eigenvalue weighted by Gasteiger charge is -2.10. The summed E-state index contributed by atoms with van der Waals surface area (Å²) in [7, 11) is 0. The molecule has 1 aromatic heterocycles. The molecule has 18 heavy (non-hydrogen) atoms. The van der Waals surface area contributed by atoms with Gasteiger partial charge in [-0.15, -0.1) is 0 Å². The lowest BCUT2D eigenvalue weighted by molar-refractivity contribution is 0.318. The zero-order chi connectivity index (χ0) is 13.0. The molecule has 0 saturated heterocycles. The summed E-state index contributed by atoms with van der Waals surface area (Å²) in [5.41, 5.74) is 2.83. The van der Waals surface area contributed by atoms with E-state index in [4.69, 9.17) is 17.0 Å². The zero-order valence-electron chi connectivity index (χ0n) is 10.6. The van der Waals surface area contributed by atoms with E-state index in [0.717, 1.165) is 29.1 Å². The molecule has 0 fully saturated rings. The van der Waals surface area contributed by atoms with Crippen LogP contribution in [0.25, 0.3) is 11.3 Å². The molecule has 0 bridgehead atoms. The van der Waals surface area contributed by atoms with Crippen LogP contribution < -0.4 is 4.74 Å². The molecule has 0 aliphatic rings. The van der Waals surface area contributed by atoms with Crippen LogP contribution in [0.2, 0.25) is 0 Å². The fraction of sp³-hybridized carbons (Fsp3) is 0.286. The molecule has 1 aromatic carbocycles. The standard InChI is InChI=1S/C14H16N2OS/c1-3-8-17-13-7-5-4-6-11(13)12-9-10(2)15-14(18)16-12/h4-7,9H,3,8H2,1-2H3,(H,15,16,18).